The molecule has 0 aromatic carbocycles. The fraction of sp³-hybridized carbons (Fsp3) is 0.500. The molecule has 0 aliphatic rings. The zero-order valence-corrected chi connectivity index (χ0v) is 8.69. The molecule has 0 saturated heterocycles. The second kappa shape index (κ2) is 5.00. The van der Waals surface area contributed by atoms with E-state index in [-0.39, 0.29) is 0 Å². The highest BCUT2D eigenvalue weighted by Gasteiger charge is 2.11. The standard InChI is InChI=1S/C10H13NOS/c1-3-4-5-6-9(12)10-8(2)11-7-13-10/h7,9,12H,5-6H2,1-2H3. The van der Waals surface area contributed by atoms with Crippen molar-refractivity contribution in [1.82, 2.24) is 4.98 Å². The Morgan fingerprint density at radius 3 is 3.00 bits per heavy atom. The van der Waals surface area contributed by atoms with E-state index in [1.54, 1.807) is 5.51 Å². The molecule has 70 valence electrons. The van der Waals surface area contributed by atoms with Crippen LogP contribution in [0.25, 0.3) is 0 Å². The fourth-order valence-corrected chi connectivity index (χ4v) is 1.92. The molecule has 1 aromatic heterocycles. The van der Waals surface area contributed by atoms with Crippen LogP contribution in [0.3, 0.4) is 0 Å². The average Bonchev–Trinajstić information content (AvgIpc) is 2.52. The number of aliphatic hydroxyl groups excluding tert-OH is 1. The van der Waals surface area contributed by atoms with Gasteiger partial charge in [-0.15, -0.1) is 23.2 Å². The van der Waals surface area contributed by atoms with E-state index in [9.17, 15) is 5.11 Å². The number of thiazole rings is 1. The van der Waals surface area contributed by atoms with Crippen LogP contribution in [0.5, 0.6) is 0 Å². The van der Waals surface area contributed by atoms with Crippen molar-refractivity contribution in [3.8, 4) is 11.8 Å². The van der Waals surface area contributed by atoms with Crippen molar-refractivity contribution in [3.05, 3.63) is 16.1 Å². The Labute approximate surface area is 82.6 Å². The van der Waals surface area contributed by atoms with Gasteiger partial charge in [-0.1, -0.05) is 0 Å². The van der Waals surface area contributed by atoms with Gasteiger partial charge in [0.25, 0.3) is 0 Å². The van der Waals surface area contributed by atoms with E-state index in [0.29, 0.717) is 6.42 Å². The van der Waals surface area contributed by atoms with Crippen molar-refractivity contribution in [2.75, 3.05) is 0 Å². The molecule has 1 rings (SSSR count). The number of aliphatic hydroxyl groups is 1. The maximum absolute atomic E-state index is 9.72. The summed E-state index contributed by atoms with van der Waals surface area (Å²) in [5.74, 6) is 5.74. The molecule has 1 N–H and O–H groups in total. The Hall–Kier alpha value is -0.850. The first kappa shape index (κ1) is 10.2. The van der Waals surface area contributed by atoms with Gasteiger partial charge in [0.15, 0.2) is 0 Å². The number of nitrogens with zero attached hydrogens (tertiary/aromatic N) is 1. The number of rotatable bonds is 3. The highest BCUT2D eigenvalue weighted by Crippen LogP contribution is 2.24. The van der Waals surface area contributed by atoms with Crippen LogP contribution >= 0.6 is 11.3 Å². The molecule has 2 nitrogen and oxygen atoms in total. The molecular weight excluding hydrogens is 182 g/mol. The third kappa shape index (κ3) is 2.83. The summed E-state index contributed by atoms with van der Waals surface area (Å²) in [6, 6.07) is 0. The molecule has 13 heavy (non-hydrogen) atoms. The van der Waals surface area contributed by atoms with Crippen LogP contribution < -0.4 is 0 Å². The van der Waals surface area contributed by atoms with E-state index in [0.717, 1.165) is 17.0 Å². The second-order valence-corrected chi connectivity index (χ2v) is 3.67. The Morgan fingerprint density at radius 1 is 1.69 bits per heavy atom. The first-order chi connectivity index (χ1) is 6.25. The summed E-state index contributed by atoms with van der Waals surface area (Å²) in [5.41, 5.74) is 2.70. The van der Waals surface area contributed by atoms with Gasteiger partial charge in [-0.3, -0.25) is 0 Å². The first-order valence-corrected chi connectivity index (χ1v) is 5.11. The summed E-state index contributed by atoms with van der Waals surface area (Å²) < 4.78 is 0. The second-order valence-electron chi connectivity index (χ2n) is 2.78. The van der Waals surface area contributed by atoms with Crippen molar-refractivity contribution in [2.24, 2.45) is 0 Å². The van der Waals surface area contributed by atoms with E-state index in [2.05, 4.69) is 16.8 Å². The molecule has 0 amide bonds. The largest absolute Gasteiger partial charge is 0.387 e. The topological polar surface area (TPSA) is 33.1 Å². The molecule has 0 bridgehead atoms. The van der Waals surface area contributed by atoms with Crippen LogP contribution in [-0.2, 0) is 0 Å². The van der Waals surface area contributed by atoms with Gasteiger partial charge in [0.1, 0.15) is 0 Å². The summed E-state index contributed by atoms with van der Waals surface area (Å²) in [4.78, 5) is 5.06. The molecule has 0 aliphatic heterocycles. The quantitative estimate of drug-likeness (QED) is 0.751. The smallest absolute Gasteiger partial charge is 0.0909 e. The predicted octanol–water partition coefficient (Wildman–Crippen LogP) is 2.29. The van der Waals surface area contributed by atoms with Crippen LogP contribution in [0.1, 0.15) is 36.4 Å². The van der Waals surface area contributed by atoms with Gasteiger partial charge in [-0.05, 0) is 20.3 Å². The zero-order valence-electron chi connectivity index (χ0n) is 7.87. The van der Waals surface area contributed by atoms with Gasteiger partial charge in [-0.25, -0.2) is 4.98 Å². The highest BCUT2D eigenvalue weighted by molar-refractivity contribution is 7.09. The molecule has 0 radical (unpaired) electrons. The molecule has 0 aliphatic carbocycles. The highest BCUT2D eigenvalue weighted by atomic mass is 32.1. The Balaban J connectivity index is 2.52. The van der Waals surface area contributed by atoms with Gasteiger partial charge >= 0.3 is 0 Å². The molecule has 1 aromatic rings. The minimum absolute atomic E-state index is 0.395. The fourth-order valence-electron chi connectivity index (χ4n) is 1.10. The number of aryl methyl sites for hydroxylation is 1. The van der Waals surface area contributed by atoms with E-state index in [1.165, 1.54) is 11.3 Å². The summed E-state index contributed by atoms with van der Waals surface area (Å²) in [7, 11) is 0. The number of hydrogen-bond acceptors (Lipinski definition) is 3. The van der Waals surface area contributed by atoms with Crippen LogP contribution in [0.4, 0.5) is 0 Å². The zero-order chi connectivity index (χ0) is 9.68. The first-order valence-electron chi connectivity index (χ1n) is 4.23. The molecule has 0 saturated carbocycles. The lowest BCUT2D eigenvalue weighted by atomic mass is 10.1. The van der Waals surface area contributed by atoms with Crippen LogP contribution in [0.15, 0.2) is 5.51 Å². The maximum Gasteiger partial charge on any atom is 0.0909 e. The third-order valence-corrected chi connectivity index (χ3v) is 2.84. The Bertz CT molecular complexity index is 321. The molecule has 3 heteroatoms. The number of hydrogen-bond donors (Lipinski definition) is 1. The van der Waals surface area contributed by atoms with Gasteiger partial charge in [-0.2, -0.15) is 0 Å². The van der Waals surface area contributed by atoms with Crippen molar-refractivity contribution in [3.63, 3.8) is 0 Å². The molecule has 1 heterocycles. The van der Waals surface area contributed by atoms with E-state index >= 15 is 0 Å². The van der Waals surface area contributed by atoms with E-state index in [4.69, 9.17) is 0 Å². The Morgan fingerprint density at radius 2 is 2.46 bits per heavy atom. The van der Waals surface area contributed by atoms with Gasteiger partial charge in [0.05, 0.1) is 22.2 Å². The minimum atomic E-state index is -0.395. The van der Waals surface area contributed by atoms with Crippen molar-refractivity contribution >= 4 is 11.3 Å². The SMILES string of the molecule is CC#CCCC(O)c1scnc1C. The summed E-state index contributed by atoms with van der Waals surface area (Å²) in [6.45, 7) is 3.73. The lowest BCUT2D eigenvalue weighted by Crippen LogP contribution is -1.96. The van der Waals surface area contributed by atoms with Crippen LogP contribution in [-0.4, -0.2) is 10.1 Å². The summed E-state index contributed by atoms with van der Waals surface area (Å²) in [6.07, 6.45) is 1.05. The average molecular weight is 195 g/mol. The lowest BCUT2D eigenvalue weighted by Gasteiger charge is -2.05. The molecule has 1 atom stereocenters. The Kier molecular flexibility index (Phi) is 3.94. The third-order valence-electron chi connectivity index (χ3n) is 1.80. The van der Waals surface area contributed by atoms with E-state index < -0.39 is 6.10 Å². The predicted molar refractivity (Wildman–Crippen MR) is 54.5 cm³/mol. The van der Waals surface area contributed by atoms with Gasteiger partial charge < -0.3 is 5.11 Å². The summed E-state index contributed by atoms with van der Waals surface area (Å²) >= 11 is 1.51. The normalized spacial score (nSPS) is 11.9. The van der Waals surface area contributed by atoms with Crippen LogP contribution in [0.2, 0.25) is 0 Å². The van der Waals surface area contributed by atoms with Crippen molar-refractivity contribution in [2.45, 2.75) is 32.8 Å². The molecule has 0 fully saturated rings. The van der Waals surface area contributed by atoms with Gasteiger partial charge in [0, 0.05) is 6.42 Å². The molecule has 1 unspecified atom stereocenters. The van der Waals surface area contributed by atoms with Gasteiger partial charge in [0.2, 0.25) is 0 Å². The lowest BCUT2D eigenvalue weighted by molar-refractivity contribution is 0.172. The van der Waals surface area contributed by atoms with E-state index in [1.807, 2.05) is 13.8 Å². The molecule has 0 spiro atoms. The van der Waals surface area contributed by atoms with Crippen molar-refractivity contribution in [1.29, 1.82) is 0 Å². The van der Waals surface area contributed by atoms with Crippen molar-refractivity contribution < 1.29 is 5.11 Å². The molecular formula is C10H13NOS. The minimum Gasteiger partial charge on any atom is -0.387 e. The number of aromatic nitrogens is 1. The summed E-state index contributed by atoms with van der Waals surface area (Å²) in [5, 5.41) is 9.72. The maximum atomic E-state index is 9.72. The monoisotopic (exact) mass is 195 g/mol. The van der Waals surface area contributed by atoms with Crippen LogP contribution in [0, 0.1) is 18.8 Å².